The van der Waals surface area contributed by atoms with Crippen molar-refractivity contribution in [2.75, 3.05) is 44.5 Å². The molecule has 0 spiro atoms. The second kappa shape index (κ2) is 15.4. The van der Waals surface area contributed by atoms with E-state index in [2.05, 4.69) is 48.9 Å². The topological polar surface area (TPSA) is 96.7 Å². The molecular formula is C22H44N4O3S2. The van der Waals surface area contributed by atoms with E-state index >= 15 is 0 Å². The minimum absolute atomic E-state index is 0.00760. The molecule has 4 N–H and O–H groups in total. The van der Waals surface area contributed by atoms with Crippen molar-refractivity contribution in [1.29, 1.82) is 0 Å². The first-order chi connectivity index (χ1) is 14.8. The molecule has 1 aliphatic rings. The Bertz CT molecular complexity index is 541. The standard InChI is InChI=1S/C22H44N4O3S2/c1-6-15(3)19(24-12-17(23)14-30)13-26-10-8-16(7-2)20(26)21(27)25-18(9-11-31-5)22(28)29-4/h15-20,24,30H,6-14,23H2,1-5H3,(H,25,27). The van der Waals surface area contributed by atoms with Gasteiger partial charge in [0, 0.05) is 30.9 Å². The van der Waals surface area contributed by atoms with E-state index in [1.807, 2.05) is 6.26 Å². The van der Waals surface area contributed by atoms with Gasteiger partial charge in [-0.2, -0.15) is 24.4 Å². The smallest absolute Gasteiger partial charge is 0.328 e. The summed E-state index contributed by atoms with van der Waals surface area (Å²) in [6, 6.07) is -0.567. The maximum atomic E-state index is 13.3. The molecule has 1 fully saturated rings. The molecule has 7 nitrogen and oxygen atoms in total. The van der Waals surface area contributed by atoms with Gasteiger partial charge in [-0.05, 0) is 43.2 Å². The van der Waals surface area contributed by atoms with Crippen LogP contribution in [0.5, 0.6) is 0 Å². The number of rotatable bonds is 15. The van der Waals surface area contributed by atoms with Crippen LogP contribution in [-0.4, -0.2) is 85.4 Å². The second-order valence-electron chi connectivity index (χ2n) is 8.61. The summed E-state index contributed by atoms with van der Waals surface area (Å²) < 4.78 is 4.92. The molecule has 31 heavy (non-hydrogen) atoms. The van der Waals surface area contributed by atoms with Gasteiger partial charge in [-0.3, -0.25) is 9.69 Å². The highest BCUT2D eigenvalue weighted by Gasteiger charge is 2.40. The summed E-state index contributed by atoms with van der Waals surface area (Å²) in [5.41, 5.74) is 6.06. The van der Waals surface area contributed by atoms with Crippen LogP contribution in [0.3, 0.4) is 0 Å². The largest absolute Gasteiger partial charge is 0.467 e. The normalized spacial score (nSPS) is 23.2. The Hall–Kier alpha value is -0.480. The Labute approximate surface area is 198 Å². The molecule has 1 heterocycles. The number of esters is 1. The van der Waals surface area contributed by atoms with Crippen molar-refractivity contribution in [1.82, 2.24) is 15.5 Å². The van der Waals surface area contributed by atoms with E-state index in [1.165, 1.54) is 7.11 Å². The van der Waals surface area contributed by atoms with Crippen molar-refractivity contribution < 1.29 is 14.3 Å². The van der Waals surface area contributed by atoms with Gasteiger partial charge in [-0.1, -0.05) is 33.6 Å². The molecule has 9 heteroatoms. The third-order valence-corrected chi connectivity index (χ3v) is 7.58. The van der Waals surface area contributed by atoms with E-state index in [0.717, 1.165) is 38.1 Å². The maximum absolute atomic E-state index is 13.3. The number of hydrogen-bond donors (Lipinski definition) is 4. The Morgan fingerprint density at radius 1 is 1.35 bits per heavy atom. The number of nitrogens with two attached hydrogens (primary N) is 1. The van der Waals surface area contributed by atoms with Crippen molar-refractivity contribution in [2.24, 2.45) is 17.6 Å². The monoisotopic (exact) mass is 476 g/mol. The molecule has 0 aromatic carbocycles. The van der Waals surface area contributed by atoms with Crippen LogP contribution >= 0.6 is 24.4 Å². The summed E-state index contributed by atoms with van der Waals surface area (Å²) in [7, 11) is 1.37. The number of carbonyl (C=O) groups is 2. The molecule has 0 radical (unpaired) electrons. The lowest BCUT2D eigenvalue weighted by Crippen LogP contribution is -2.55. The molecule has 0 aromatic heterocycles. The number of nitrogens with one attached hydrogen (secondary N) is 2. The van der Waals surface area contributed by atoms with Crippen molar-refractivity contribution >= 4 is 36.3 Å². The Kier molecular flexibility index (Phi) is 14.2. The number of methoxy groups -OCH3 is 1. The highest BCUT2D eigenvalue weighted by molar-refractivity contribution is 7.98. The first-order valence-corrected chi connectivity index (χ1v) is 13.6. The number of likely N-dealkylation sites (tertiary alicyclic amines) is 1. The summed E-state index contributed by atoms with van der Waals surface area (Å²) in [4.78, 5) is 27.8. The number of amides is 1. The third kappa shape index (κ3) is 9.12. The first kappa shape index (κ1) is 28.6. The van der Waals surface area contributed by atoms with Gasteiger partial charge in [-0.15, -0.1) is 0 Å². The number of thiol groups is 1. The van der Waals surface area contributed by atoms with Crippen LogP contribution in [0.15, 0.2) is 0 Å². The van der Waals surface area contributed by atoms with E-state index in [0.29, 0.717) is 24.6 Å². The van der Waals surface area contributed by atoms with E-state index in [1.54, 1.807) is 11.8 Å². The third-order valence-electron chi connectivity index (χ3n) is 6.47. The summed E-state index contributed by atoms with van der Waals surface area (Å²) in [6.45, 7) is 8.94. The molecule has 0 saturated carbocycles. The molecule has 6 atom stereocenters. The van der Waals surface area contributed by atoms with E-state index in [9.17, 15) is 9.59 Å². The highest BCUT2D eigenvalue weighted by atomic mass is 32.2. The fraction of sp³-hybridized carbons (Fsp3) is 0.909. The van der Waals surface area contributed by atoms with Crippen molar-refractivity contribution in [3.05, 3.63) is 0 Å². The molecule has 0 aliphatic carbocycles. The minimum atomic E-state index is -0.596. The predicted molar refractivity (Wildman–Crippen MR) is 134 cm³/mol. The highest BCUT2D eigenvalue weighted by Crippen LogP contribution is 2.28. The van der Waals surface area contributed by atoms with Crippen molar-refractivity contribution in [3.63, 3.8) is 0 Å². The van der Waals surface area contributed by atoms with E-state index in [4.69, 9.17) is 10.5 Å². The zero-order chi connectivity index (χ0) is 23.4. The molecule has 1 aliphatic heterocycles. The van der Waals surface area contributed by atoms with Crippen LogP contribution in [0.4, 0.5) is 0 Å². The van der Waals surface area contributed by atoms with Gasteiger partial charge in [0.25, 0.3) is 0 Å². The summed E-state index contributed by atoms with van der Waals surface area (Å²) in [5.74, 6) is 1.74. The summed E-state index contributed by atoms with van der Waals surface area (Å²) in [6.07, 6.45) is 5.54. The lowest BCUT2D eigenvalue weighted by Gasteiger charge is -2.34. The summed E-state index contributed by atoms with van der Waals surface area (Å²) >= 11 is 5.94. The molecule has 1 amide bonds. The molecular weight excluding hydrogens is 432 g/mol. The quantitative estimate of drug-likeness (QED) is 0.211. The minimum Gasteiger partial charge on any atom is -0.467 e. The number of thioether (sulfide) groups is 1. The molecule has 0 bridgehead atoms. The van der Waals surface area contributed by atoms with Gasteiger partial charge in [0.15, 0.2) is 0 Å². The Morgan fingerprint density at radius 3 is 2.61 bits per heavy atom. The number of carbonyl (C=O) groups excluding carboxylic acids is 2. The van der Waals surface area contributed by atoms with Gasteiger partial charge < -0.3 is 21.1 Å². The zero-order valence-electron chi connectivity index (χ0n) is 19.9. The zero-order valence-corrected chi connectivity index (χ0v) is 21.6. The van der Waals surface area contributed by atoms with Gasteiger partial charge in [-0.25, -0.2) is 4.79 Å². The lowest BCUT2D eigenvalue weighted by atomic mass is 9.95. The van der Waals surface area contributed by atoms with Gasteiger partial charge in [0.1, 0.15) is 6.04 Å². The first-order valence-electron chi connectivity index (χ1n) is 11.5. The number of hydrogen-bond acceptors (Lipinski definition) is 8. The van der Waals surface area contributed by atoms with Gasteiger partial charge in [0.2, 0.25) is 5.91 Å². The second-order valence-corrected chi connectivity index (χ2v) is 9.96. The van der Waals surface area contributed by atoms with Crippen molar-refractivity contribution in [3.8, 4) is 0 Å². The van der Waals surface area contributed by atoms with E-state index < -0.39 is 6.04 Å². The van der Waals surface area contributed by atoms with Crippen molar-refractivity contribution in [2.45, 2.75) is 70.6 Å². The van der Waals surface area contributed by atoms with Crippen LogP contribution in [0.25, 0.3) is 0 Å². The molecule has 0 aromatic rings. The summed E-state index contributed by atoms with van der Waals surface area (Å²) in [5, 5.41) is 6.61. The van der Waals surface area contributed by atoms with Gasteiger partial charge in [0.05, 0.1) is 13.2 Å². The van der Waals surface area contributed by atoms with Crippen LogP contribution in [0, 0.1) is 11.8 Å². The van der Waals surface area contributed by atoms with Gasteiger partial charge >= 0.3 is 5.97 Å². The number of nitrogens with zero attached hydrogens (tertiary/aromatic N) is 1. The fourth-order valence-electron chi connectivity index (χ4n) is 4.17. The Balaban J connectivity index is 2.92. The fourth-order valence-corrected chi connectivity index (χ4v) is 4.77. The predicted octanol–water partition coefficient (Wildman–Crippen LogP) is 1.76. The average molecular weight is 477 g/mol. The molecule has 1 rings (SSSR count). The average Bonchev–Trinajstić information content (AvgIpc) is 3.20. The van der Waals surface area contributed by atoms with Crippen LogP contribution < -0.4 is 16.4 Å². The molecule has 6 unspecified atom stereocenters. The Morgan fingerprint density at radius 2 is 2.06 bits per heavy atom. The van der Waals surface area contributed by atoms with Crippen LogP contribution in [-0.2, 0) is 14.3 Å². The lowest BCUT2D eigenvalue weighted by molar-refractivity contribution is -0.145. The molecule has 182 valence electrons. The van der Waals surface area contributed by atoms with Crippen LogP contribution in [0.2, 0.25) is 0 Å². The number of ether oxygens (including phenoxy) is 1. The maximum Gasteiger partial charge on any atom is 0.328 e. The van der Waals surface area contributed by atoms with Crippen LogP contribution in [0.1, 0.15) is 46.5 Å². The molecule has 1 saturated heterocycles. The SMILES string of the molecule is CCC(C)C(CN1CCC(CC)C1C(=O)NC(CCSC)C(=O)OC)NCC(N)CS. The van der Waals surface area contributed by atoms with E-state index in [-0.39, 0.29) is 35.9 Å².